The third-order valence-corrected chi connectivity index (χ3v) is 5.34. The molecule has 1 saturated heterocycles. The van der Waals surface area contributed by atoms with Gasteiger partial charge in [-0.05, 0) is 24.6 Å². The van der Waals surface area contributed by atoms with E-state index in [9.17, 15) is 0 Å². The summed E-state index contributed by atoms with van der Waals surface area (Å²) in [6.45, 7) is 12.5. The Hall–Kier alpha value is -1.87. The van der Waals surface area contributed by atoms with Crippen LogP contribution in [0.4, 0.5) is 5.69 Å². The monoisotopic (exact) mass is 321 g/mol. The molecule has 0 aliphatic carbocycles. The highest BCUT2D eigenvalue weighted by atomic mass is 15.2. The molecular weight excluding hydrogens is 294 g/mol. The number of benzene rings is 1. The summed E-state index contributed by atoms with van der Waals surface area (Å²) in [4.78, 5) is 9.94. The summed E-state index contributed by atoms with van der Waals surface area (Å²) >= 11 is 0. The molecule has 0 atom stereocenters. The van der Waals surface area contributed by atoms with Gasteiger partial charge in [0.2, 0.25) is 0 Å². The van der Waals surface area contributed by atoms with E-state index in [1.807, 2.05) is 0 Å². The third-order valence-electron chi connectivity index (χ3n) is 5.34. The molecule has 1 aromatic heterocycles. The van der Waals surface area contributed by atoms with E-state index in [4.69, 9.17) is 4.98 Å². The van der Waals surface area contributed by atoms with E-state index in [1.165, 1.54) is 30.0 Å². The van der Waals surface area contributed by atoms with Crippen LogP contribution in [-0.2, 0) is 12.0 Å². The summed E-state index contributed by atoms with van der Waals surface area (Å²) in [5.41, 5.74) is 5.34. The van der Waals surface area contributed by atoms with Crippen LogP contribution in [0.2, 0.25) is 0 Å². The number of aromatic nitrogens is 1. The normalized spacial score (nSPS) is 20.0. The highest BCUT2D eigenvalue weighted by Gasteiger charge is 2.39. The predicted molar refractivity (Wildman–Crippen MR) is 99.4 cm³/mol. The Balaban J connectivity index is 1.37. The molecular formula is C21H27N3. The second kappa shape index (κ2) is 5.89. The molecule has 3 nitrogen and oxygen atoms in total. The van der Waals surface area contributed by atoms with Crippen LogP contribution in [0.25, 0.3) is 0 Å². The highest BCUT2D eigenvalue weighted by molar-refractivity contribution is 5.59. The van der Waals surface area contributed by atoms with E-state index in [2.05, 4.69) is 73.0 Å². The van der Waals surface area contributed by atoms with Crippen LogP contribution in [-0.4, -0.2) is 36.1 Å². The molecule has 0 amide bonds. The molecule has 2 aliphatic heterocycles. The van der Waals surface area contributed by atoms with Crippen molar-refractivity contribution >= 4 is 5.69 Å². The predicted octanol–water partition coefficient (Wildman–Crippen LogP) is 3.62. The number of pyridine rings is 1. The van der Waals surface area contributed by atoms with Crippen molar-refractivity contribution in [1.29, 1.82) is 0 Å². The molecule has 126 valence electrons. The van der Waals surface area contributed by atoms with E-state index in [0.717, 1.165) is 31.2 Å². The van der Waals surface area contributed by atoms with Gasteiger partial charge in [-0.1, -0.05) is 44.2 Å². The maximum atomic E-state index is 4.83. The summed E-state index contributed by atoms with van der Waals surface area (Å²) in [5.74, 6) is 0.775. The van der Waals surface area contributed by atoms with Crippen molar-refractivity contribution in [1.82, 2.24) is 9.88 Å². The van der Waals surface area contributed by atoms with Gasteiger partial charge in [0.05, 0.1) is 11.4 Å². The minimum Gasteiger partial charge on any atom is -0.369 e. The minimum atomic E-state index is 0.162. The van der Waals surface area contributed by atoms with E-state index in [0.29, 0.717) is 0 Å². The lowest BCUT2D eigenvalue weighted by Gasteiger charge is -2.41. The lowest BCUT2D eigenvalue weighted by atomic mass is 9.91. The van der Waals surface area contributed by atoms with E-state index >= 15 is 0 Å². The summed E-state index contributed by atoms with van der Waals surface area (Å²) in [6, 6.07) is 15.2. The lowest BCUT2D eigenvalue weighted by Crippen LogP contribution is -2.51. The number of fused-ring (bicyclic) bond motifs is 1. The molecule has 0 spiro atoms. The van der Waals surface area contributed by atoms with Crippen molar-refractivity contribution in [2.24, 2.45) is 5.92 Å². The van der Waals surface area contributed by atoms with Crippen LogP contribution in [0.5, 0.6) is 0 Å². The molecule has 0 unspecified atom stereocenters. The third kappa shape index (κ3) is 2.93. The summed E-state index contributed by atoms with van der Waals surface area (Å²) in [7, 11) is 0. The second-order valence-electron chi connectivity index (χ2n) is 8.13. The number of hydrogen-bond acceptors (Lipinski definition) is 3. The number of likely N-dealkylation sites (tertiary alicyclic amines) is 1. The van der Waals surface area contributed by atoms with Crippen molar-refractivity contribution in [3.63, 3.8) is 0 Å². The Bertz CT molecular complexity index is 717. The van der Waals surface area contributed by atoms with Crippen molar-refractivity contribution in [3.8, 4) is 0 Å². The number of aryl methyl sites for hydroxylation is 1. The Morgan fingerprint density at radius 3 is 2.58 bits per heavy atom. The van der Waals surface area contributed by atoms with E-state index < -0.39 is 0 Å². The van der Waals surface area contributed by atoms with Gasteiger partial charge in [0.25, 0.3) is 0 Å². The van der Waals surface area contributed by atoms with Gasteiger partial charge in [0, 0.05) is 49.8 Å². The SMILES string of the molecule is Cc1ccc2c(n1)C(C)(C)CN2CC1CN(Cc2ccccc2)C1. The van der Waals surface area contributed by atoms with E-state index in [1.54, 1.807) is 0 Å². The first kappa shape index (κ1) is 15.6. The molecule has 0 saturated carbocycles. The highest BCUT2D eigenvalue weighted by Crippen LogP contribution is 2.40. The Labute approximate surface area is 145 Å². The number of anilines is 1. The van der Waals surface area contributed by atoms with Crippen LogP contribution < -0.4 is 4.90 Å². The average Bonchev–Trinajstić information content (AvgIpc) is 2.77. The van der Waals surface area contributed by atoms with Gasteiger partial charge in [-0.2, -0.15) is 0 Å². The summed E-state index contributed by atoms with van der Waals surface area (Å²) in [6.07, 6.45) is 0. The largest absolute Gasteiger partial charge is 0.369 e. The van der Waals surface area contributed by atoms with Gasteiger partial charge in [-0.15, -0.1) is 0 Å². The Morgan fingerprint density at radius 2 is 1.83 bits per heavy atom. The first-order valence-electron chi connectivity index (χ1n) is 9.01. The van der Waals surface area contributed by atoms with Gasteiger partial charge in [0.15, 0.2) is 0 Å². The Kier molecular flexibility index (Phi) is 3.84. The maximum Gasteiger partial charge on any atom is 0.0713 e. The molecule has 2 aromatic rings. The van der Waals surface area contributed by atoms with Crippen LogP contribution >= 0.6 is 0 Å². The molecule has 1 fully saturated rings. The first-order valence-corrected chi connectivity index (χ1v) is 9.01. The summed E-state index contributed by atoms with van der Waals surface area (Å²) in [5, 5.41) is 0. The zero-order chi connectivity index (χ0) is 16.7. The Morgan fingerprint density at radius 1 is 1.08 bits per heavy atom. The average molecular weight is 321 g/mol. The van der Waals surface area contributed by atoms with Gasteiger partial charge < -0.3 is 4.90 Å². The van der Waals surface area contributed by atoms with Crippen molar-refractivity contribution in [3.05, 3.63) is 59.4 Å². The molecule has 24 heavy (non-hydrogen) atoms. The van der Waals surface area contributed by atoms with Gasteiger partial charge >= 0.3 is 0 Å². The topological polar surface area (TPSA) is 19.4 Å². The van der Waals surface area contributed by atoms with Crippen LogP contribution in [0.1, 0.15) is 30.8 Å². The van der Waals surface area contributed by atoms with Crippen LogP contribution in [0.15, 0.2) is 42.5 Å². The van der Waals surface area contributed by atoms with Gasteiger partial charge in [-0.3, -0.25) is 9.88 Å². The molecule has 1 aromatic carbocycles. The smallest absolute Gasteiger partial charge is 0.0713 e. The molecule has 0 N–H and O–H groups in total. The molecule has 2 aliphatic rings. The zero-order valence-electron chi connectivity index (χ0n) is 15.0. The number of rotatable bonds is 4. The molecule has 3 heteroatoms. The molecule has 0 radical (unpaired) electrons. The standard InChI is InChI=1S/C21H27N3/c1-16-9-10-19-20(22-16)21(2,3)15-24(19)14-18-12-23(13-18)11-17-7-5-4-6-8-17/h4-10,18H,11-15H2,1-3H3. The number of nitrogens with zero attached hydrogens (tertiary/aromatic N) is 3. The molecule has 4 rings (SSSR count). The molecule has 3 heterocycles. The second-order valence-corrected chi connectivity index (χ2v) is 8.13. The quantitative estimate of drug-likeness (QED) is 0.857. The zero-order valence-corrected chi connectivity index (χ0v) is 15.0. The van der Waals surface area contributed by atoms with Crippen LogP contribution in [0.3, 0.4) is 0 Å². The van der Waals surface area contributed by atoms with Crippen molar-refractivity contribution < 1.29 is 0 Å². The van der Waals surface area contributed by atoms with Crippen molar-refractivity contribution in [2.45, 2.75) is 32.7 Å². The lowest BCUT2D eigenvalue weighted by molar-refractivity contribution is 0.0963. The fraction of sp³-hybridized carbons (Fsp3) is 0.476. The fourth-order valence-corrected chi connectivity index (χ4v) is 4.18. The fourth-order valence-electron chi connectivity index (χ4n) is 4.18. The van der Waals surface area contributed by atoms with Crippen LogP contribution in [0, 0.1) is 12.8 Å². The van der Waals surface area contributed by atoms with Crippen molar-refractivity contribution in [2.75, 3.05) is 31.1 Å². The van der Waals surface area contributed by atoms with Gasteiger partial charge in [0.1, 0.15) is 0 Å². The molecule has 0 bridgehead atoms. The minimum absolute atomic E-state index is 0.162. The van der Waals surface area contributed by atoms with E-state index in [-0.39, 0.29) is 5.41 Å². The first-order chi connectivity index (χ1) is 11.5. The summed E-state index contributed by atoms with van der Waals surface area (Å²) < 4.78 is 0. The van der Waals surface area contributed by atoms with Gasteiger partial charge in [-0.25, -0.2) is 0 Å². The number of hydrogen-bond donors (Lipinski definition) is 0. The maximum absolute atomic E-state index is 4.83.